The number of carbonyl (C=O) groups is 1. The minimum Gasteiger partial charge on any atom is -0.293 e. The lowest BCUT2D eigenvalue weighted by molar-refractivity contribution is -0.121. The smallest absolute Gasteiger partial charge is 0.266 e. The number of amides is 1. The molecule has 0 N–H and O–H groups in total. The number of benzene rings is 2. The summed E-state index contributed by atoms with van der Waals surface area (Å²) in [6.07, 6.45) is 5.39. The SMILES string of the molecule is CCN1C(=O)/C(=C/c2cn(-c3ccccc3)nc2-c2cccc(S(=O)(=O)N3CCCC3)c2)SC1=S. The van der Waals surface area contributed by atoms with Crippen LogP contribution in [0.2, 0.25) is 0 Å². The van der Waals surface area contributed by atoms with Crippen LogP contribution in [-0.2, 0) is 14.8 Å². The van der Waals surface area contributed by atoms with Gasteiger partial charge in [0.05, 0.1) is 15.5 Å². The summed E-state index contributed by atoms with van der Waals surface area (Å²) in [6.45, 7) is 3.48. The van der Waals surface area contributed by atoms with Gasteiger partial charge < -0.3 is 0 Å². The predicted octanol–water partition coefficient (Wildman–Crippen LogP) is 4.54. The van der Waals surface area contributed by atoms with Crippen LogP contribution in [0, 0.1) is 0 Å². The number of para-hydroxylation sites is 1. The molecule has 5 rings (SSSR count). The maximum absolute atomic E-state index is 13.2. The normalized spacial score (nSPS) is 18.2. The lowest BCUT2D eigenvalue weighted by Crippen LogP contribution is -2.27. The standard InChI is InChI=1S/C25H24N4O3S3/c1-2-28-24(30)22(34-25(28)33)16-19-17-29(20-10-4-3-5-11-20)26-23(19)18-9-8-12-21(15-18)35(31,32)27-13-6-7-14-27/h3-5,8-12,15-17H,2,6-7,13-14H2,1H3/b22-16-. The summed E-state index contributed by atoms with van der Waals surface area (Å²) in [5.41, 5.74) is 2.82. The molecule has 0 spiro atoms. The van der Waals surface area contributed by atoms with Crippen LogP contribution in [0.1, 0.15) is 25.3 Å². The molecule has 0 radical (unpaired) electrons. The Morgan fingerprint density at radius 2 is 1.83 bits per heavy atom. The summed E-state index contributed by atoms with van der Waals surface area (Å²) in [6, 6.07) is 16.5. The number of carbonyl (C=O) groups excluding carboxylic acids is 1. The molecule has 1 amide bonds. The summed E-state index contributed by atoms with van der Waals surface area (Å²) >= 11 is 6.63. The highest BCUT2D eigenvalue weighted by molar-refractivity contribution is 8.26. The molecule has 3 heterocycles. The molecule has 2 aromatic carbocycles. The molecule has 2 aliphatic rings. The first-order chi connectivity index (χ1) is 16.9. The van der Waals surface area contributed by atoms with Crippen LogP contribution in [0.4, 0.5) is 0 Å². The van der Waals surface area contributed by atoms with Crippen molar-refractivity contribution in [1.29, 1.82) is 0 Å². The highest BCUT2D eigenvalue weighted by atomic mass is 32.2. The van der Waals surface area contributed by atoms with Crippen molar-refractivity contribution in [3.05, 3.63) is 71.3 Å². The first-order valence-electron chi connectivity index (χ1n) is 11.4. The number of thiocarbonyl (C=S) groups is 1. The van der Waals surface area contributed by atoms with Crippen LogP contribution in [-0.4, -0.2) is 57.3 Å². The van der Waals surface area contributed by atoms with Crippen LogP contribution in [0.3, 0.4) is 0 Å². The van der Waals surface area contributed by atoms with E-state index in [-0.39, 0.29) is 10.8 Å². The lowest BCUT2D eigenvalue weighted by Gasteiger charge is -2.16. The van der Waals surface area contributed by atoms with Gasteiger partial charge in [-0.1, -0.05) is 54.3 Å². The van der Waals surface area contributed by atoms with E-state index in [2.05, 4.69) is 0 Å². The Morgan fingerprint density at radius 3 is 2.51 bits per heavy atom. The van der Waals surface area contributed by atoms with Gasteiger partial charge in [0.2, 0.25) is 10.0 Å². The quantitative estimate of drug-likeness (QED) is 0.348. The Balaban J connectivity index is 1.61. The molecule has 0 saturated carbocycles. The number of rotatable bonds is 6. The fraction of sp³-hybridized carbons (Fsp3) is 0.240. The number of nitrogens with zero attached hydrogens (tertiary/aromatic N) is 4. The number of hydrogen-bond donors (Lipinski definition) is 0. The van der Waals surface area contributed by atoms with E-state index in [1.807, 2.05) is 49.5 Å². The second-order valence-corrected chi connectivity index (χ2v) is 11.9. The average Bonchev–Trinajstić information content (AvgIpc) is 3.61. The molecule has 3 aromatic rings. The fourth-order valence-electron chi connectivity index (χ4n) is 4.23. The second kappa shape index (κ2) is 9.69. The second-order valence-electron chi connectivity index (χ2n) is 8.28. The van der Waals surface area contributed by atoms with Gasteiger partial charge in [0, 0.05) is 37.0 Å². The summed E-state index contributed by atoms with van der Waals surface area (Å²) < 4.78 is 30.2. The minimum absolute atomic E-state index is 0.133. The van der Waals surface area contributed by atoms with Crippen molar-refractivity contribution in [2.24, 2.45) is 0 Å². The number of sulfonamides is 1. The van der Waals surface area contributed by atoms with Gasteiger partial charge in [-0.15, -0.1) is 0 Å². The van der Waals surface area contributed by atoms with Crippen molar-refractivity contribution in [3.8, 4) is 16.9 Å². The Hall–Kier alpha value is -2.79. The molecule has 35 heavy (non-hydrogen) atoms. The van der Waals surface area contributed by atoms with E-state index in [1.165, 1.54) is 16.1 Å². The topological polar surface area (TPSA) is 75.5 Å². The molecule has 1 aromatic heterocycles. The minimum atomic E-state index is -3.58. The van der Waals surface area contributed by atoms with Gasteiger partial charge in [0.15, 0.2) is 0 Å². The van der Waals surface area contributed by atoms with E-state index in [0.717, 1.165) is 18.5 Å². The van der Waals surface area contributed by atoms with E-state index >= 15 is 0 Å². The molecule has 180 valence electrons. The largest absolute Gasteiger partial charge is 0.293 e. The Labute approximate surface area is 214 Å². The van der Waals surface area contributed by atoms with Crippen molar-refractivity contribution in [1.82, 2.24) is 19.0 Å². The third-order valence-electron chi connectivity index (χ3n) is 6.05. The van der Waals surface area contributed by atoms with E-state index in [4.69, 9.17) is 17.3 Å². The monoisotopic (exact) mass is 524 g/mol. The van der Waals surface area contributed by atoms with Crippen LogP contribution < -0.4 is 0 Å². The fourth-order valence-corrected chi connectivity index (χ4v) is 7.16. The highest BCUT2D eigenvalue weighted by Crippen LogP contribution is 2.35. The summed E-state index contributed by atoms with van der Waals surface area (Å²) in [5.74, 6) is -0.133. The van der Waals surface area contributed by atoms with Gasteiger partial charge in [0.25, 0.3) is 5.91 Å². The number of thioether (sulfide) groups is 1. The zero-order valence-electron chi connectivity index (χ0n) is 19.1. The molecular weight excluding hydrogens is 501 g/mol. The van der Waals surface area contributed by atoms with Gasteiger partial charge in [-0.3, -0.25) is 9.69 Å². The zero-order chi connectivity index (χ0) is 24.6. The van der Waals surface area contributed by atoms with Gasteiger partial charge in [0.1, 0.15) is 10.0 Å². The van der Waals surface area contributed by atoms with Crippen LogP contribution in [0.15, 0.2) is 70.6 Å². The summed E-state index contributed by atoms with van der Waals surface area (Å²) in [7, 11) is -3.58. The van der Waals surface area contributed by atoms with Crippen LogP contribution in [0.5, 0.6) is 0 Å². The number of likely N-dealkylation sites (N-methyl/N-ethyl adjacent to an activating group) is 1. The van der Waals surface area contributed by atoms with Crippen molar-refractivity contribution < 1.29 is 13.2 Å². The summed E-state index contributed by atoms with van der Waals surface area (Å²) in [4.78, 5) is 15.2. The Bertz CT molecular complexity index is 1430. The molecule has 2 saturated heterocycles. The molecular formula is C25H24N4O3S3. The molecule has 2 fully saturated rings. The Morgan fingerprint density at radius 1 is 1.09 bits per heavy atom. The van der Waals surface area contributed by atoms with Crippen molar-refractivity contribution in [2.45, 2.75) is 24.7 Å². The van der Waals surface area contributed by atoms with Crippen molar-refractivity contribution >= 4 is 50.3 Å². The molecule has 0 unspecified atom stereocenters. The Kier molecular flexibility index (Phi) is 6.63. The first-order valence-corrected chi connectivity index (χ1v) is 14.1. The predicted molar refractivity (Wildman–Crippen MR) is 143 cm³/mol. The lowest BCUT2D eigenvalue weighted by atomic mass is 10.1. The molecule has 0 atom stereocenters. The molecule has 0 aliphatic carbocycles. The van der Waals surface area contributed by atoms with E-state index in [0.29, 0.717) is 45.7 Å². The number of hydrogen-bond acceptors (Lipinski definition) is 6. The van der Waals surface area contributed by atoms with Gasteiger partial charge in [-0.25, -0.2) is 13.1 Å². The third kappa shape index (κ3) is 4.58. The molecule has 0 bridgehead atoms. The zero-order valence-corrected chi connectivity index (χ0v) is 21.6. The van der Waals surface area contributed by atoms with Crippen LogP contribution >= 0.6 is 24.0 Å². The van der Waals surface area contributed by atoms with E-state index < -0.39 is 10.0 Å². The van der Waals surface area contributed by atoms with Crippen molar-refractivity contribution in [3.63, 3.8) is 0 Å². The maximum Gasteiger partial charge on any atom is 0.266 e. The van der Waals surface area contributed by atoms with E-state index in [9.17, 15) is 13.2 Å². The molecule has 2 aliphatic heterocycles. The highest BCUT2D eigenvalue weighted by Gasteiger charge is 2.31. The average molecular weight is 525 g/mol. The third-order valence-corrected chi connectivity index (χ3v) is 9.32. The first kappa shape index (κ1) is 23.9. The number of aromatic nitrogens is 2. The maximum atomic E-state index is 13.2. The van der Waals surface area contributed by atoms with Crippen molar-refractivity contribution in [2.75, 3.05) is 19.6 Å². The summed E-state index contributed by atoms with van der Waals surface area (Å²) in [5, 5.41) is 4.79. The van der Waals surface area contributed by atoms with Gasteiger partial charge in [-0.2, -0.15) is 9.40 Å². The van der Waals surface area contributed by atoms with E-state index in [1.54, 1.807) is 33.9 Å². The van der Waals surface area contributed by atoms with Crippen LogP contribution in [0.25, 0.3) is 23.0 Å². The molecule has 7 nitrogen and oxygen atoms in total. The van der Waals surface area contributed by atoms with Gasteiger partial charge in [-0.05, 0) is 50.1 Å². The van der Waals surface area contributed by atoms with Gasteiger partial charge >= 0.3 is 0 Å². The molecule has 10 heteroatoms.